The van der Waals surface area contributed by atoms with Gasteiger partial charge in [-0.05, 0) is 33.5 Å². The van der Waals surface area contributed by atoms with Gasteiger partial charge in [0, 0.05) is 0 Å². The Bertz CT molecular complexity index is 720. The predicted octanol–water partition coefficient (Wildman–Crippen LogP) is 2.97. The van der Waals surface area contributed by atoms with Gasteiger partial charge in [-0.25, -0.2) is 13.4 Å². The molecule has 2 aromatic rings. The van der Waals surface area contributed by atoms with Crippen molar-refractivity contribution in [1.82, 2.24) is 4.98 Å². The summed E-state index contributed by atoms with van der Waals surface area (Å²) in [6, 6.07) is 11.1. The predicted molar refractivity (Wildman–Crippen MR) is 88.6 cm³/mol. The minimum absolute atomic E-state index is 0.0183. The molecule has 7 heteroatoms. The number of sulfonamides is 1. The van der Waals surface area contributed by atoms with E-state index in [1.807, 2.05) is 37.3 Å². The third-order valence-electron chi connectivity index (χ3n) is 2.95. The van der Waals surface area contributed by atoms with Gasteiger partial charge in [0.15, 0.2) is 5.82 Å². The molecule has 0 saturated carbocycles. The fourth-order valence-electron chi connectivity index (χ4n) is 1.92. The molecule has 0 fully saturated rings. The van der Waals surface area contributed by atoms with Crippen LogP contribution in [0.3, 0.4) is 0 Å². The first-order valence-electron chi connectivity index (χ1n) is 6.34. The van der Waals surface area contributed by atoms with Gasteiger partial charge in [0.05, 0.1) is 22.1 Å². The first kappa shape index (κ1) is 15.8. The highest BCUT2D eigenvalue weighted by molar-refractivity contribution is 9.10. The molecule has 0 aliphatic heterocycles. The van der Waals surface area contributed by atoms with Gasteiger partial charge in [0.1, 0.15) is 0 Å². The number of rotatable bonds is 5. The number of hydrogen-bond donors (Lipinski definition) is 2. The van der Waals surface area contributed by atoms with Crippen molar-refractivity contribution >= 4 is 37.5 Å². The summed E-state index contributed by atoms with van der Waals surface area (Å²) in [5.41, 5.74) is 7.02. The normalized spacial score (nSPS) is 12.9. The van der Waals surface area contributed by atoms with Crippen LogP contribution in [0.5, 0.6) is 0 Å². The minimum Gasteiger partial charge on any atom is -0.397 e. The Hall–Kier alpha value is -1.60. The van der Waals surface area contributed by atoms with Crippen molar-refractivity contribution in [2.24, 2.45) is 0 Å². The van der Waals surface area contributed by atoms with Gasteiger partial charge >= 0.3 is 0 Å². The number of aromatic nitrogens is 1. The van der Waals surface area contributed by atoms with Gasteiger partial charge in [-0.1, -0.05) is 37.3 Å². The maximum Gasteiger partial charge on any atom is 0.234 e. The molecule has 1 heterocycles. The van der Waals surface area contributed by atoms with Gasteiger partial charge in [-0.2, -0.15) is 0 Å². The van der Waals surface area contributed by atoms with Crippen LogP contribution >= 0.6 is 15.9 Å². The molecule has 1 atom stereocenters. The van der Waals surface area contributed by atoms with E-state index in [1.165, 1.54) is 6.20 Å². The van der Waals surface area contributed by atoms with Crippen LogP contribution < -0.4 is 10.5 Å². The summed E-state index contributed by atoms with van der Waals surface area (Å²) in [5.74, 6) is 0.107. The quantitative estimate of drug-likeness (QED) is 0.848. The topological polar surface area (TPSA) is 85.1 Å². The second kappa shape index (κ2) is 6.44. The molecule has 3 N–H and O–H groups in total. The zero-order chi connectivity index (χ0) is 15.5. The van der Waals surface area contributed by atoms with Gasteiger partial charge < -0.3 is 5.73 Å². The second-order valence-electron chi connectivity index (χ2n) is 4.79. The van der Waals surface area contributed by atoms with Gasteiger partial charge in [0.2, 0.25) is 10.0 Å². The molecule has 0 aliphatic rings. The molecule has 2 rings (SSSR count). The third-order valence-corrected chi connectivity index (χ3v) is 5.00. The molecular formula is C14H16BrN3O2S. The summed E-state index contributed by atoms with van der Waals surface area (Å²) in [6.45, 7) is 1.88. The first-order chi connectivity index (χ1) is 9.87. The molecule has 1 unspecified atom stereocenters. The zero-order valence-corrected chi connectivity index (χ0v) is 13.9. The standard InChI is InChI=1S/C14H16BrN3O2S/c1-10(11-5-3-2-4-6-11)9-21(19,20)18-14-13(15)7-12(16)8-17-14/h2-8,10H,9,16H2,1H3,(H,17,18). The van der Waals surface area contributed by atoms with Crippen molar-refractivity contribution in [2.75, 3.05) is 16.2 Å². The van der Waals surface area contributed by atoms with Crippen LogP contribution in [0.15, 0.2) is 47.1 Å². The summed E-state index contributed by atoms with van der Waals surface area (Å²) < 4.78 is 27.4. The third kappa shape index (κ3) is 4.44. The van der Waals surface area contributed by atoms with Crippen LogP contribution in [0, 0.1) is 0 Å². The van der Waals surface area contributed by atoms with Gasteiger partial charge in [-0.15, -0.1) is 0 Å². The smallest absolute Gasteiger partial charge is 0.234 e. The van der Waals surface area contributed by atoms with E-state index in [9.17, 15) is 8.42 Å². The molecule has 0 saturated heterocycles. The molecule has 0 bridgehead atoms. The molecule has 1 aromatic carbocycles. The number of nitrogens with two attached hydrogens (primary N) is 1. The largest absolute Gasteiger partial charge is 0.397 e. The van der Waals surface area contributed by atoms with Crippen LogP contribution in [-0.2, 0) is 10.0 Å². The summed E-state index contributed by atoms with van der Waals surface area (Å²) in [4.78, 5) is 3.98. The molecule has 1 aromatic heterocycles. The molecule has 5 nitrogen and oxygen atoms in total. The molecule has 0 spiro atoms. The van der Waals surface area contributed by atoms with Gasteiger partial charge in [0.25, 0.3) is 0 Å². The fourth-order valence-corrected chi connectivity index (χ4v) is 3.91. The van der Waals surface area contributed by atoms with Gasteiger partial charge in [-0.3, -0.25) is 4.72 Å². The number of nitrogens with zero attached hydrogens (tertiary/aromatic N) is 1. The average Bonchev–Trinajstić information content (AvgIpc) is 2.42. The van der Waals surface area contributed by atoms with Crippen molar-refractivity contribution in [3.63, 3.8) is 0 Å². The van der Waals surface area contributed by atoms with E-state index < -0.39 is 10.0 Å². The lowest BCUT2D eigenvalue weighted by Crippen LogP contribution is -2.21. The highest BCUT2D eigenvalue weighted by Crippen LogP contribution is 2.24. The summed E-state index contributed by atoms with van der Waals surface area (Å²) in [6.07, 6.45) is 1.41. The zero-order valence-electron chi connectivity index (χ0n) is 11.5. The van der Waals surface area contributed by atoms with Crippen molar-refractivity contribution in [3.05, 3.63) is 52.6 Å². The van der Waals surface area contributed by atoms with Crippen molar-refractivity contribution in [1.29, 1.82) is 0 Å². The van der Waals surface area contributed by atoms with E-state index in [0.717, 1.165) is 5.56 Å². The number of pyridine rings is 1. The molecule has 112 valence electrons. The monoisotopic (exact) mass is 369 g/mol. The highest BCUT2D eigenvalue weighted by atomic mass is 79.9. The number of nitrogens with one attached hydrogen (secondary N) is 1. The lowest BCUT2D eigenvalue weighted by molar-refractivity contribution is 0.595. The Balaban J connectivity index is 2.12. The van der Waals surface area contributed by atoms with E-state index in [-0.39, 0.29) is 17.5 Å². The van der Waals surface area contributed by atoms with E-state index in [4.69, 9.17) is 5.73 Å². The molecular weight excluding hydrogens is 354 g/mol. The lowest BCUT2D eigenvalue weighted by atomic mass is 10.0. The molecule has 21 heavy (non-hydrogen) atoms. The van der Waals surface area contributed by atoms with E-state index >= 15 is 0 Å². The Morgan fingerprint density at radius 1 is 1.33 bits per heavy atom. The SMILES string of the molecule is CC(CS(=O)(=O)Nc1ncc(N)cc1Br)c1ccccc1. The molecule has 0 amide bonds. The summed E-state index contributed by atoms with van der Waals surface area (Å²) >= 11 is 3.24. The van der Waals surface area contributed by atoms with Crippen molar-refractivity contribution < 1.29 is 8.42 Å². The average molecular weight is 370 g/mol. The van der Waals surface area contributed by atoms with Crippen LogP contribution in [-0.4, -0.2) is 19.2 Å². The fraction of sp³-hybridized carbons (Fsp3) is 0.214. The first-order valence-corrected chi connectivity index (χ1v) is 8.78. The number of halogens is 1. The van der Waals surface area contributed by atoms with Crippen LogP contribution in [0.2, 0.25) is 0 Å². The number of nitrogen functional groups attached to an aromatic ring is 1. The number of hydrogen-bond acceptors (Lipinski definition) is 4. The lowest BCUT2D eigenvalue weighted by Gasteiger charge is -2.14. The van der Waals surface area contributed by atoms with E-state index in [2.05, 4.69) is 25.6 Å². The van der Waals surface area contributed by atoms with E-state index in [1.54, 1.807) is 6.07 Å². The van der Waals surface area contributed by atoms with Crippen LogP contribution in [0.1, 0.15) is 18.4 Å². The van der Waals surface area contributed by atoms with Crippen LogP contribution in [0.25, 0.3) is 0 Å². The highest BCUT2D eigenvalue weighted by Gasteiger charge is 2.18. The number of benzene rings is 1. The molecule has 0 aliphatic carbocycles. The van der Waals surface area contributed by atoms with E-state index in [0.29, 0.717) is 10.2 Å². The second-order valence-corrected chi connectivity index (χ2v) is 7.42. The Morgan fingerprint density at radius 2 is 2.00 bits per heavy atom. The summed E-state index contributed by atoms with van der Waals surface area (Å²) in [5, 5.41) is 0. The van der Waals surface area contributed by atoms with Crippen molar-refractivity contribution in [3.8, 4) is 0 Å². The number of anilines is 2. The summed E-state index contributed by atoms with van der Waals surface area (Å²) in [7, 11) is -3.50. The maximum absolute atomic E-state index is 12.2. The molecule has 0 radical (unpaired) electrons. The Morgan fingerprint density at radius 3 is 2.62 bits per heavy atom. The van der Waals surface area contributed by atoms with Crippen molar-refractivity contribution in [2.45, 2.75) is 12.8 Å². The Labute approximate surface area is 132 Å². The van der Waals surface area contributed by atoms with Crippen LogP contribution in [0.4, 0.5) is 11.5 Å². The minimum atomic E-state index is -3.50. The Kier molecular flexibility index (Phi) is 4.84. The maximum atomic E-state index is 12.2.